The predicted molar refractivity (Wildman–Crippen MR) is 63.2 cm³/mol. The molecule has 0 atom stereocenters. The summed E-state index contributed by atoms with van der Waals surface area (Å²) in [4.78, 5) is 10.4. The third-order valence-electron chi connectivity index (χ3n) is 1.89. The van der Waals surface area contributed by atoms with Crippen molar-refractivity contribution < 1.29 is 9.66 Å². The highest BCUT2D eigenvalue weighted by atomic mass is 16.6. The molecular weight excluding hydrogens is 206 g/mol. The van der Waals surface area contributed by atoms with Gasteiger partial charge in [-0.1, -0.05) is 30.4 Å². The van der Waals surface area contributed by atoms with Gasteiger partial charge in [-0.3, -0.25) is 10.1 Å². The molecule has 0 saturated carbocycles. The lowest BCUT2D eigenvalue weighted by atomic mass is 10.1. The van der Waals surface area contributed by atoms with E-state index < -0.39 is 4.92 Å². The molecule has 0 bridgehead atoms. The van der Waals surface area contributed by atoms with E-state index >= 15 is 0 Å². The van der Waals surface area contributed by atoms with Gasteiger partial charge in [-0.25, -0.2) is 0 Å². The highest BCUT2D eigenvalue weighted by Gasteiger charge is 2.16. The second kappa shape index (κ2) is 5.70. The van der Waals surface area contributed by atoms with E-state index in [1.807, 2.05) is 13.0 Å². The maximum Gasteiger partial charge on any atom is 0.312 e. The van der Waals surface area contributed by atoms with Gasteiger partial charge in [-0.05, 0) is 13.8 Å². The molecule has 0 fully saturated rings. The number of nitro benzene ring substituents is 1. The predicted octanol–water partition coefficient (Wildman–Crippen LogP) is 3.54. The lowest BCUT2D eigenvalue weighted by Gasteiger charge is -2.05. The molecule has 1 aromatic carbocycles. The molecule has 0 aliphatic heterocycles. The van der Waals surface area contributed by atoms with E-state index in [1.54, 1.807) is 31.2 Å². The molecule has 16 heavy (non-hydrogen) atoms. The summed E-state index contributed by atoms with van der Waals surface area (Å²) in [7, 11) is 0. The van der Waals surface area contributed by atoms with Crippen LogP contribution in [0.1, 0.15) is 19.4 Å². The van der Waals surface area contributed by atoms with Gasteiger partial charge in [0.1, 0.15) is 0 Å². The van der Waals surface area contributed by atoms with Gasteiger partial charge >= 0.3 is 5.69 Å². The Morgan fingerprint density at radius 1 is 1.31 bits per heavy atom. The molecular formula is C12H13NO3. The van der Waals surface area contributed by atoms with Crippen LogP contribution in [0.4, 0.5) is 5.69 Å². The zero-order valence-corrected chi connectivity index (χ0v) is 9.21. The highest BCUT2D eigenvalue weighted by molar-refractivity contribution is 5.64. The lowest BCUT2D eigenvalue weighted by Crippen LogP contribution is -1.94. The normalized spacial score (nSPS) is 11.1. The van der Waals surface area contributed by atoms with Crippen molar-refractivity contribution in [1.29, 1.82) is 0 Å². The second-order valence-electron chi connectivity index (χ2n) is 3.04. The molecule has 0 radical (unpaired) electrons. The number of benzene rings is 1. The van der Waals surface area contributed by atoms with Crippen LogP contribution in [0.2, 0.25) is 0 Å². The first kappa shape index (κ1) is 12.0. The first-order valence-corrected chi connectivity index (χ1v) is 4.88. The van der Waals surface area contributed by atoms with Crippen molar-refractivity contribution in [3.05, 3.63) is 52.3 Å². The quantitative estimate of drug-likeness (QED) is 0.442. The van der Waals surface area contributed by atoms with Gasteiger partial charge in [0.2, 0.25) is 5.75 Å². The molecule has 0 amide bonds. The molecule has 0 unspecified atom stereocenters. The van der Waals surface area contributed by atoms with Crippen molar-refractivity contribution >= 4 is 11.8 Å². The number of allylic oxidation sites excluding steroid dienone is 2. The lowest BCUT2D eigenvalue weighted by molar-refractivity contribution is -0.385. The molecule has 0 aliphatic carbocycles. The van der Waals surface area contributed by atoms with Crippen LogP contribution < -0.4 is 4.74 Å². The Balaban J connectivity index is 3.28. The zero-order chi connectivity index (χ0) is 12.0. The van der Waals surface area contributed by atoms with Crippen molar-refractivity contribution in [2.75, 3.05) is 0 Å². The van der Waals surface area contributed by atoms with Gasteiger partial charge in [-0.15, -0.1) is 0 Å². The van der Waals surface area contributed by atoms with Crippen molar-refractivity contribution in [3.8, 4) is 5.75 Å². The van der Waals surface area contributed by atoms with Crippen LogP contribution in [-0.4, -0.2) is 4.92 Å². The maximum absolute atomic E-state index is 10.8. The van der Waals surface area contributed by atoms with E-state index in [2.05, 4.69) is 0 Å². The van der Waals surface area contributed by atoms with Gasteiger partial charge in [-0.2, -0.15) is 0 Å². The largest absolute Gasteiger partial charge is 0.457 e. The van der Waals surface area contributed by atoms with Crippen LogP contribution in [0.25, 0.3) is 6.08 Å². The molecule has 84 valence electrons. The summed E-state index contributed by atoms with van der Waals surface area (Å²) in [5, 5.41) is 10.8. The first-order valence-electron chi connectivity index (χ1n) is 4.88. The summed E-state index contributed by atoms with van der Waals surface area (Å²) in [5.74, 6) is 0.267. The summed E-state index contributed by atoms with van der Waals surface area (Å²) in [5.41, 5.74) is 0.656. The fourth-order valence-electron chi connectivity index (χ4n) is 1.26. The van der Waals surface area contributed by atoms with Crippen LogP contribution in [0.3, 0.4) is 0 Å². The van der Waals surface area contributed by atoms with Gasteiger partial charge in [0.25, 0.3) is 0 Å². The Bertz CT molecular complexity index is 436. The number of hydrogen-bond acceptors (Lipinski definition) is 3. The Labute approximate surface area is 94.0 Å². The minimum atomic E-state index is -0.453. The minimum Gasteiger partial charge on any atom is -0.457 e. The van der Waals surface area contributed by atoms with Crippen molar-refractivity contribution in [2.24, 2.45) is 0 Å². The Morgan fingerprint density at radius 3 is 2.62 bits per heavy atom. The number of hydrogen-bond donors (Lipinski definition) is 0. The zero-order valence-electron chi connectivity index (χ0n) is 9.21. The first-order chi connectivity index (χ1) is 7.70. The monoisotopic (exact) mass is 219 g/mol. The second-order valence-corrected chi connectivity index (χ2v) is 3.04. The van der Waals surface area contributed by atoms with Crippen molar-refractivity contribution in [2.45, 2.75) is 13.8 Å². The number of para-hydroxylation sites is 1. The van der Waals surface area contributed by atoms with E-state index in [0.29, 0.717) is 5.56 Å². The summed E-state index contributed by atoms with van der Waals surface area (Å²) in [6.07, 6.45) is 6.68. The van der Waals surface area contributed by atoms with E-state index in [4.69, 9.17) is 4.74 Å². The van der Waals surface area contributed by atoms with Crippen molar-refractivity contribution in [1.82, 2.24) is 0 Å². The smallest absolute Gasteiger partial charge is 0.312 e. The summed E-state index contributed by atoms with van der Waals surface area (Å²) in [6, 6.07) is 4.83. The van der Waals surface area contributed by atoms with Crippen LogP contribution in [0.5, 0.6) is 5.75 Å². The van der Waals surface area contributed by atoms with Gasteiger partial charge in [0, 0.05) is 11.6 Å². The molecule has 0 aromatic heterocycles. The topological polar surface area (TPSA) is 52.4 Å². The van der Waals surface area contributed by atoms with Crippen LogP contribution >= 0.6 is 0 Å². The summed E-state index contributed by atoms with van der Waals surface area (Å²) >= 11 is 0. The average Bonchev–Trinajstić information content (AvgIpc) is 2.27. The van der Waals surface area contributed by atoms with Crippen molar-refractivity contribution in [3.63, 3.8) is 0 Å². The van der Waals surface area contributed by atoms with Gasteiger partial charge in [0.15, 0.2) is 0 Å². The minimum absolute atomic E-state index is 0.0336. The fourth-order valence-corrected chi connectivity index (χ4v) is 1.26. The number of nitrogens with zero attached hydrogens (tertiary/aromatic N) is 1. The molecule has 0 saturated heterocycles. The molecule has 4 nitrogen and oxygen atoms in total. The Kier molecular flexibility index (Phi) is 4.27. The van der Waals surface area contributed by atoms with E-state index in [-0.39, 0.29) is 11.4 Å². The fraction of sp³-hybridized carbons (Fsp3) is 0.167. The van der Waals surface area contributed by atoms with Crippen LogP contribution in [0.15, 0.2) is 36.6 Å². The van der Waals surface area contributed by atoms with E-state index in [0.717, 1.165) is 0 Å². The van der Waals surface area contributed by atoms with Gasteiger partial charge in [0.05, 0.1) is 11.2 Å². The Morgan fingerprint density at radius 2 is 2.06 bits per heavy atom. The molecule has 0 aliphatic rings. The maximum atomic E-state index is 10.8. The third kappa shape index (κ3) is 2.70. The molecule has 1 aromatic rings. The summed E-state index contributed by atoms with van der Waals surface area (Å²) < 4.78 is 5.26. The standard InChI is InChI=1S/C12H13NO3/c1-3-6-10-7-5-8-11(13(14)15)12(10)16-9-4-2/h3-9H,1-2H3. The molecule has 1 rings (SSSR count). The molecule has 0 N–H and O–H groups in total. The Hall–Kier alpha value is -2.10. The van der Waals surface area contributed by atoms with Gasteiger partial charge < -0.3 is 4.74 Å². The van der Waals surface area contributed by atoms with E-state index in [9.17, 15) is 10.1 Å². The molecule has 0 heterocycles. The third-order valence-corrected chi connectivity index (χ3v) is 1.89. The van der Waals surface area contributed by atoms with Crippen LogP contribution in [0, 0.1) is 10.1 Å². The number of nitro groups is 1. The average molecular weight is 219 g/mol. The SMILES string of the molecule is CC=COc1c(C=CC)cccc1[N+](=O)[O-]. The number of ether oxygens (including phenoxy) is 1. The summed E-state index contributed by atoms with van der Waals surface area (Å²) in [6.45, 7) is 3.63. The van der Waals surface area contributed by atoms with Crippen LogP contribution in [-0.2, 0) is 0 Å². The highest BCUT2D eigenvalue weighted by Crippen LogP contribution is 2.31. The van der Waals surface area contributed by atoms with E-state index in [1.165, 1.54) is 12.3 Å². The molecule has 0 spiro atoms. The number of rotatable bonds is 4. The molecule has 4 heteroatoms.